The highest BCUT2D eigenvalue weighted by molar-refractivity contribution is 5.73. The number of nitrogens with zero attached hydrogens (tertiary/aromatic N) is 1. The molecule has 12 heavy (non-hydrogen) atoms. The van der Waals surface area contributed by atoms with Crippen LogP contribution in [0.5, 0.6) is 5.75 Å². The van der Waals surface area contributed by atoms with Gasteiger partial charge in [-0.1, -0.05) is 0 Å². The van der Waals surface area contributed by atoms with Crippen LogP contribution in [0.3, 0.4) is 0 Å². The van der Waals surface area contributed by atoms with Crippen molar-refractivity contribution in [1.29, 1.82) is 0 Å². The Morgan fingerprint density at radius 3 is 3.33 bits per heavy atom. The van der Waals surface area contributed by atoms with Crippen molar-refractivity contribution in [3.05, 3.63) is 17.8 Å². The number of carbonyl (C=O) groups is 1. The van der Waals surface area contributed by atoms with Gasteiger partial charge in [-0.2, -0.15) is 0 Å². The van der Waals surface area contributed by atoms with Gasteiger partial charge in [0.25, 0.3) is 0 Å². The number of aldehydes is 1. The number of carbonyl (C=O) groups excluding carboxylic acids is 1. The van der Waals surface area contributed by atoms with Crippen molar-refractivity contribution in [2.45, 2.75) is 0 Å². The minimum Gasteiger partial charge on any atom is -0.488 e. The summed E-state index contributed by atoms with van der Waals surface area (Å²) in [6, 6.07) is 3.39. The second-order valence-corrected chi connectivity index (χ2v) is 2.48. The summed E-state index contributed by atoms with van der Waals surface area (Å²) in [6.45, 7) is 1.39. The van der Waals surface area contributed by atoms with Crippen molar-refractivity contribution >= 4 is 12.1 Å². The molecule has 0 spiro atoms. The van der Waals surface area contributed by atoms with Gasteiger partial charge in [0.1, 0.15) is 12.3 Å². The molecule has 62 valence electrons. The summed E-state index contributed by atoms with van der Waals surface area (Å²) in [6.07, 6.45) is 0.719. The lowest BCUT2D eigenvalue weighted by Gasteiger charge is -2.17. The van der Waals surface area contributed by atoms with Gasteiger partial charge in [0.2, 0.25) is 0 Å². The first kappa shape index (κ1) is 7.09. The number of rotatable bonds is 1. The number of ether oxygens (including phenoxy) is 1. The molecule has 0 aromatic carbocycles. The third-order valence-electron chi connectivity index (χ3n) is 1.65. The van der Waals surface area contributed by atoms with Crippen LogP contribution in [0.4, 0.5) is 5.82 Å². The first-order valence-electron chi connectivity index (χ1n) is 3.73. The zero-order valence-electron chi connectivity index (χ0n) is 6.41. The van der Waals surface area contributed by atoms with Crippen LogP contribution in [0.2, 0.25) is 0 Å². The number of aromatic nitrogens is 1. The van der Waals surface area contributed by atoms with Crippen molar-refractivity contribution in [2.24, 2.45) is 0 Å². The molecule has 1 aromatic heterocycles. The van der Waals surface area contributed by atoms with E-state index in [0.29, 0.717) is 23.9 Å². The second-order valence-electron chi connectivity index (χ2n) is 2.48. The number of nitrogens with one attached hydrogen (secondary N) is 1. The van der Waals surface area contributed by atoms with Gasteiger partial charge < -0.3 is 10.1 Å². The van der Waals surface area contributed by atoms with Gasteiger partial charge in [-0.05, 0) is 12.1 Å². The molecule has 0 saturated heterocycles. The Morgan fingerprint density at radius 1 is 1.58 bits per heavy atom. The van der Waals surface area contributed by atoms with Crippen molar-refractivity contribution < 1.29 is 9.53 Å². The molecule has 0 radical (unpaired) electrons. The molecule has 1 aliphatic rings. The van der Waals surface area contributed by atoms with E-state index < -0.39 is 0 Å². The molecule has 2 rings (SSSR count). The van der Waals surface area contributed by atoms with Gasteiger partial charge in [0.15, 0.2) is 17.9 Å². The maximum Gasteiger partial charge on any atom is 0.169 e. The molecule has 0 atom stereocenters. The lowest BCUT2D eigenvalue weighted by molar-refractivity contribution is 0.111. The Labute approximate surface area is 69.6 Å². The summed E-state index contributed by atoms with van der Waals surface area (Å²) in [5.74, 6) is 1.37. The quantitative estimate of drug-likeness (QED) is 0.621. The molecule has 1 aliphatic heterocycles. The van der Waals surface area contributed by atoms with Gasteiger partial charge in [0, 0.05) is 0 Å². The predicted molar refractivity (Wildman–Crippen MR) is 43.6 cm³/mol. The minimum absolute atomic E-state index is 0.423. The lowest BCUT2D eigenvalue weighted by Crippen LogP contribution is -2.19. The molecule has 0 aliphatic carbocycles. The molecular formula is C8H8N2O2. The third kappa shape index (κ3) is 1.11. The van der Waals surface area contributed by atoms with E-state index in [-0.39, 0.29) is 0 Å². The minimum atomic E-state index is 0.423. The van der Waals surface area contributed by atoms with Gasteiger partial charge in [-0.15, -0.1) is 0 Å². The van der Waals surface area contributed by atoms with E-state index in [0.717, 1.165) is 12.8 Å². The van der Waals surface area contributed by atoms with E-state index in [1.165, 1.54) is 0 Å². The van der Waals surface area contributed by atoms with E-state index in [9.17, 15) is 4.79 Å². The summed E-state index contributed by atoms with van der Waals surface area (Å²) in [5, 5.41) is 3.04. The number of fused-ring (bicyclic) bond motifs is 1. The van der Waals surface area contributed by atoms with E-state index in [1.807, 2.05) is 0 Å². The van der Waals surface area contributed by atoms with Crippen LogP contribution in [-0.4, -0.2) is 24.4 Å². The standard InChI is InChI=1S/C8H8N2O2/c11-5-6-1-2-7-8(10-6)9-3-4-12-7/h1-2,5H,3-4H2,(H,9,10). The third-order valence-corrected chi connectivity index (χ3v) is 1.65. The average molecular weight is 164 g/mol. The molecule has 0 bridgehead atoms. The van der Waals surface area contributed by atoms with Gasteiger partial charge in [0.05, 0.1) is 6.54 Å². The van der Waals surface area contributed by atoms with Crippen LogP contribution in [0, 0.1) is 0 Å². The second kappa shape index (κ2) is 2.81. The molecule has 0 amide bonds. The number of hydrogen-bond donors (Lipinski definition) is 1. The smallest absolute Gasteiger partial charge is 0.169 e. The van der Waals surface area contributed by atoms with Crippen molar-refractivity contribution in [2.75, 3.05) is 18.5 Å². The summed E-state index contributed by atoms with van der Waals surface area (Å²) < 4.78 is 5.28. The maximum atomic E-state index is 10.4. The molecule has 0 saturated carbocycles. The summed E-state index contributed by atoms with van der Waals surface area (Å²) in [4.78, 5) is 14.4. The Morgan fingerprint density at radius 2 is 2.50 bits per heavy atom. The molecule has 0 unspecified atom stereocenters. The maximum absolute atomic E-state index is 10.4. The van der Waals surface area contributed by atoms with E-state index in [2.05, 4.69) is 10.3 Å². The summed E-state index contributed by atoms with van der Waals surface area (Å²) in [7, 11) is 0. The van der Waals surface area contributed by atoms with Crippen LogP contribution in [0.1, 0.15) is 10.5 Å². The van der Waals surface area contributed by atoms with Crippen molar-refractivity contribution in [3.63, 3.8) is 0 Å². The SMILES string of the molecule is O=Cc1ccc2c(n1)NCCO2. The predicted octanol–water partition coefficient (Wildman–Crippen LogP) is 0.698. The van der Waals surface area contributed by atoms with Crippen LogP contribution in [-0.2, 0) is 0 Å². The molecule has 0 fully saturated rings. The van der Waals surface area contributed by atoms with Gasteiger partial charge in [-0.25, -0.2) is 4.98 Å². The Kier molecular flexibility index (Phi) is 1.66. The molecular weight excluding hydrogens is 156 g/mol. The summed E-state index contributed by atoms with van der Waals surface area (Å²) >= 11 is 0. The van der Waals surface area contributed by atoms with E-state index in [1.54, 1.807) is 12.1 Å². The fraction of sp³-hybridized carbons (Fsp3) is 0.250. The number of hydrogen-bond acceptors (Lipinski definition) is 4. The molecule has 4 heteroatoms. The van der Waals surface area contributed by atoms with Crippen LogP contribution >= 0.6 is 0 Å². The van der Waals surface area contributed by atoms with Crippen LogP contribution in [0.15, 0.2) is 12.1 Å². The van der Waals surface area contributed by atoms with Crippen molar-refractivity contribution in [3.8, 4) is 5.75 Å². The first-order valence-corrected chi connectivity index (χ1v) is 3.73. The number of anilines is 1. The van der Waals surface area contributed by atoms with Crippen LogP contribution in [0.25, 0.3) is 0 Å². The fourth-order valence-electron chi connectivity index (χ4n) is 1.10. The largest absolute Gasteiger partial charge is 0.488 e. The summed E-state index contributed by atoms with van der Waals surface area (Å²) in [5.41, 5.74) is 0.423. The first-order chi connectivity index (χ1) is 5.90. The number of pyridine rings is 1. The highest BCUT2D eigenvalue weighted by Gasteiger charge is 2.10. The molecule has 4 nitrogen and oxygen atoms in total. The Balaban J connectivity index is 2.42. The van der Waals surface area contributed by atoms with Crippen molar-refractivity contribution in [1.82, 2.24) is 4.98 Å². The van der Waals surface area contributed by atoms with Gasteiger partial charge >= 0.3 is 0 Å². The van der Waals surface area contributed by atoms with E-state index in [4.69, 9.17) is 4.74 Å². The zero-order chi connectivity index (χ0) is 8.39. The topological polar surface area (TPSA) is 51.2 Å². The molecule has 1 N–H and O–H groups in total. The highest BCUT2D eigenvalue weighted by Crippen LogP contribution is 2.23. The highest BCUT2D eigenvalue weighted by atomic mass is 16.5. The lowest BCUT2D eigenvalue weighted by atomic mass is 10.3. The fourth-order valence-corrected chi connectivity index (χ4v) is 1.10. The van der Waals surface area contributed by atoms with Crippen LogP contribution < -0.4 is 10.1 Å². The monoisotopic (exact) mass is 164 g/mol. The zero-order valence-corrected chi connectivity index (χ0v) is 6.41. The van der Waals surface area contributed by atoms with Gasteiger partial charge in [-0.3, -0.25) is 4.79 Å². The molecule has 2 heterocycles. The van der Waals surface area contributed by atoms with E-state index >= 15 is 0 Å². The average Bonchev–Trinajstić information content (AvgIpc) is 2.17. The molecule has 1 aromatic rings. The normalized spacial score (nSPS) is 14.0. The Hall–Kier alpha value is -1.58. The Bertz CT molecular complexity index is 312.